The molecule has 0 saturated carbocycles. The molecule has 5 heteroatoms. The average molecular weight is 262 g/mol. The first-order valence-electron chi connectivity index (χ1n) is 6.73. The molecule has 1 amide bonds. The lowest BCUT2D eigenvalue weighted by Crippen LogP contribution is -2.45. The van der Waals surface area contributed by atoms with Gasteiger partial charge in [0.2, 0.25) is 0 Å². The molecule has 104 valence electrons. The molecule has 0 radical (unpaired) electrons. The summed E-state index contributed by atoms with van der Waals surface area (Å²) in [6.07, 6.45) is 2.28. The van der Waals surface area contributed by atoms with Crippen molar-refractivity contribution in [3.05, 3.63) is 23.0 Å². The van der Waals surface area contributed by atoms with E-state index in [2.05, 4.69) is 15.2 Å². The van der Waals surface area contributed by atoms with Crippen molar-refractivity contribution < 1.29 is 4.79 Å². The Labute approximate surface area is 114 Å². The molecule has 3 N–H and O–H groups in total. The molecule has 0 bridgehead atoms. The minimum atomic E-state index is -0.397. The van der Waals surface area contributed by atoms with E-state index in [1.54, 1.807) is 0 Å². The summed E-state index contributed by atoms with van der Waals surface area (Å²) in [7, 11) is 1.98. The molecular formula is C14H22N4O. The maximum Gasteiger partial charge on any atom is 0.252 e. The second-order valence-corrected chi connectivity index (χ2v) is 5.18. The molecule has 1 fully saturated rings. The Balaban J connectivity index is 2.40. The summed E-state index contributed by atoms with van der Waals surface area (Å²) in [4.78, 5) is 18.3. The summed E-state index contributed by atoms with van der Waals surface area (Å²) in [5, 5.41) is 3.31. The molecule has 0 spiro atoms. The fourth-order valence-electron chi connectivity index (χ4n) is 2.79. The summed E-state index contributed by atoms with van der Waals surface area (Å²) in [6, 6.07) is 2.42. The third-order valence-electron chi connectivity index (χ3n) is 3.72. The van der Waals surface area contributed by atoms with Gasteiger partial charge >= 0.3 is 0 Å². The fraction of sp³-hybridized carbons (Fsp3) is 0.571. The van der Waals surface area contributed by atoms with Crippen molar-refractivity contribution >= 4 is 11.6 Å². The summed E-state index contributed by atoms with van der Waals surface area (Å²) < 4.78 is 0. The van der Waals surface area contributed by atoms with Gasteiger partial charge in [-0.15, -0.1) is 0 Å². The Bertz CT molecular complexity index is 487. The monoisotopic (exact) mass is 262 g/mol. The van der Waals surface area contributed by atoms with Crippen molar-refractivity contribution in [2.75, 3.05) is 25.0 Å². The number of hydrogen-bond acceptors (Lipinski definition) is 4. The van der Waals surface area contributed by atoms with Gasteiger partial charge in [-0.3, -0.25) is 9.78 Å². The predicted molar refractivity (Wildman–Crippen MR) is 76.5 cm³/mol. The molecule has 2 rings (SSSR count). The molecule has 1 aromatic heterocycles. The topological polar surface area (TPSA) is 71.2 Å². The summed E-state index contributed by atoms with van der Waals surface area (Å²) >= 11 is 0. The molecule has 5 nitrogen and oxygen atoms in total. The van der Waals surface area contributed by atoms with Crippen LogP contribution in [0.1, 0.15) is 34.6 Å². The number of likely N-dealkylation sites (N-methyl/N-ethyl adjacent to an activating group) is 1. The second-order valence-electron chi connectivity index (χ2n) is 5.18. The van der Waals surface area contributed by atoms with Crippen LogP contribution >= 0.6 is 0 Å². The number of carbonyl (C=O) groups is 1. The molecule has 1 aliphatic heterocycles. The van der Waals surface area contributed by atoms with E-state index in [0.29, 0.717) is 17.3 Å². The van der Waals surface area contributed by atoms with Crippen LogP contribution in [0.4, 0.5) is 5.69 Å². The van der Waals surface area contributed by atoms with E-state index in [4.69, 9.17) is 5.73 Å². The van der Waals surface area contributed by atoms with Crippen LogP contribution in [0.5, 0.6) is 0 Å². The van der Waals surface area contributed by atoms with Crippen molar-refractivity contribution in [1.29, 1.82) is 0 Å². The SMILES string of the molecule is CNC1CCCN(c2cc(C)nc(C)c2C(N)=O)C1. The van der Waals surface area contributed by atoms with Crippen LogP contribution in [0.2, 0.25) is 0 Å². The number of nitrogens with two attached hydrogens (primary N) is 1. The quantitative estimate of drug-likeness (QED) is 0.852. The van der Waals surface area contributed by atoms with Crippen molar-refractivity contribution in [3.63, 3.8) is 0 Å². The fourth-order valence-corrected chi connectivity index (χ4v) is 2.79. The molecule has 1 aliphatic rings. The first-order chi connectivity index (χ1) is 9.02. The Morgan fingerprint density at radius 2 is 2.26 bits per heavy atom. The predicted octanol–water partition coefficient (Wildman–Crippen LogP) is 0.986. The minimum absolute atomic E-state index is 0.397. The Morgan fingerprint density at radius 1 is 1.53 bits per heavy atom. The van der Waals surface area contributed by atoms with E-state index < -0.39 is 5.91 Å². The van der Waals surface area contributed by atoms with E-state index in [1.807, 2.05) is 27.0 Å². The first kappa shape index (κ1) is 13.8. The first-order valence-corrected chi connectivity index (χ1v) is 6.73. The van der Waals surface area contributed by atoms with E-state index in [0.717, 1.165) is 30.9 Å². The third kappa shape index (κ3) is 2.87. The highest BCUT2D eigenvalue weighted by molar-refractivity contribution is 5.99. The zero-order valence-electron chi connectivity index (χ0n) is 11.9. The third-order valence-corrected chi connectivity index (χ3v) is 3.72. The number of nitrogens with zero attached hydrogens (tertiary/aromatic N) is 2. The number of aryl methyl sites for hydroxylation is 2. The van der Waals surface area contributed by atoms with E-state index in [9.17, 15) is 4.79 Å². The lowest BCUT2D eigenvalue weighted by molar-refractivity contribution is 0.0999. The number of carbonyl (C=O) groups excluding carboxylic acids is 1. The molecule has 1 aromatic rings. The number of aromatic nitrogens is 1. The average Bonchev–Trinajstić information content (AvgIpc) is 2.37. The van der Waals surface area contributed by atoms with Gasteiger partial charge in [0.15, 0.2) is 0 Å². The minimum Gasteiger partial charge on any atom is -0.369 e. The number of amides is 1. The van der Waals surface area contributed by atoms with E-state index in [-0.39, 0.29) is 0 Å². The lowest BCUT2D eigenvalue weighted by Gasteiger charge is -2.35. The van der Waals surface area contributed by atoms with Crippen LogP contribution in [0.3, 0.4) is 0 Å². The molecule has 2 heterocycles. The number of nitrogens with one attached hydrogen (secondary N) is 1. The lowest BCUT2D eigenvalue weighted by atomic mass is 10.0. The Kier molecular flexibility index (Phi) is 4.04. The highest BCUT2D eigenvalue weighted by Gasteiger charge is 2.23. The van der Waals surface area contributed by atoms with Crippen LogP contribution in [0.15, 0.2) is 6.07 Å². The second kappa shape index (κ2) is 5.57. The Morgan fingerprint density at radius 3 is 2.89 bits per heavy atom. The van der Waals surface area contributed by atoms with E-state index >= 15 is 0 Å². The highest BCUT2D eigenvalue weighted by Crippen LogP contribution is 2.26. The number of hydrogen-bond donors (Lipinski definition) is 2. The molecule has 19 heavy (non-hydrogen) atoms. The van der Waals surface area contributed by atoms with Gasteiger partial charge in [-0.25, -0.2) is 0 Å². The van der Waals surface area contributed by atoms with Gasteiger partial charge in [-0.2, -0.15) is 0 Å². The van der Waals surface area contributed by atoms with Gasteiger partial charge in [-0.1, -0.05) is 0 Å². The molecule has 1 atom stereocenters. The van der Waals surface area contributed by atoms with Crippen LogP contribution in [-0.2, 0) is 0 Å². The summed E-state index contributed by atoms with van der Waals surface area (Å²) in [5.41, 5.74) is 8.64. The number of primary amides is 1. The van der Waals surface area contributed by atoms with Crippen LogP contribution in [0.25, 0.3) is 0 Å². The standard InChI is InChI=1S/C14H22N4O/c1-9-7-12(13(14(15)19)10(2)17-9)18-6-4-5-11(8-18)16-3/h7,11,16H,4-6,8H2,1-3H3,(H2,15,19). The van der Waals surface area contributed by atoms with Crippen LogP contribution in [0, 0.1) is 13.8 Å². The van der Waals surface area contributed by atoms with Crippen molar-refractivity contribution in [2.45, 2.75) is 32.7 Å². The smallest absolute Gasteiger partial charge is 0.252 e. The number of pyridine rings is 1. The number of anilines is 1. The van der Waals surface area contributed by atoms with Crippen LogP contribution < -0.4 is 16.0 Å². The highest BCUT2D eigenvalue weighted by atomic mass is 16.1. The van der Waals surface area contributed by atoms with Crippen molar-refractivity contribution in [2.24, 2.45) is 5.73 Å². The number of piperidine rings is 1. The van der Waals surface area contributed by atoms with Crippen LogP contribution in [-0.4, -0.2) is 37.1 Å². The molecule has 1 unspecified atom stereocenters. The largest absolute Gasteiger partial charge is 0.369 e. The maximum absolute atomic E-state index is 11.7. The van der Waals surface area contributed by atoms with Gasteiger partial charge < -0.3 is 16.0 Å². The summed E-state index contributed by atoms with van der Waals surface area (Å²) in [6.45, 7) is 5.65. The van der Waals surface area contributed by atoms with Gasteiger partial charge in [0, 0.05) is 24.8 Å². The molecule has 1 saturated heterocycles. The number of rotatable bonds is 3. The van der Waals surface area contributed by atoms with Gasteiger partial charge in [0.05, 0.1) is 16.9 Å². The summed E-state index contributed by atoms with van der Waals surface area (Å²) in [5.74, 6) is -0.397. The van der Waals surface area contributed by atoms with E-state index in [1.165, 1.54) is 6.42 Å². The van der Waals surface area contributed by atoms with Gasteiger partial charge in [-0.05, 0) is 39.8 Å². The zero-order chi connectivity index (χ0) is 14.0. The zero-order valence-corrected chi connectivity index (χ0v) is 11.9. The molecular weight excluding hydrogens is 240 g/mol. The van der Waals surface area contributed by atoms with Gasteiger partial charge in [0.25, 0.3) is 5.91 Å². The normalized spacial score (nSPS) is 19.5. The molecule has 0 aromatic carbocycles. The van der Waals surface area contributed by atoms with Crippen molar-refractivity contribution in [1.82, 2.24) is 10.3 Å². The Hall–Kier alpha value is -1.62. The van der Waals surface area contributed by atoms with Gasteiger partial charge in [0.1, 0.15) is 0 Å². The van der Waals surface area contributed by atoms with Crippen molar-refractivity contribution in [3.8, 4) is 0 Å². The molecule has 0 aliphatic carbocycles. The maximum atomic E-state index is 11.7.